The Morgan fingerprint density at radius 1 is 1.13 bits per heavy atom. The van der Waals surface area contributed by atoms with Crippen LogP contribution in [0, 0.1) is 0 Å². The van der Waals surface area contributed by atoms with E-state index in [1.54, 1.807) is 0 Å². The van der Waals surface area contributed by atoms with Gasteiger partial charge in [0.05, 0.1) is 0 Å². The van der Waals surface area contributed by atoms with E-state index in [0.717, 1.165) is 23.7 Å². The molecule has 0 aromatic rings. The second kappa shape index (κ2) is 8.00. The monoisotopic (exact) mass is 332 g/mol. The summed E-state index contributed by atoms with van der Waals surface area (Å²) < 4.78 is -1.17. The minimum Gasteiger partial charge on any atom is -0.0883 e. The summed E-state index contributed by atoms with van der Waals surface area (Å²) in [7, 11) is 0. The fourth-order valence-electron chi connectivity index (χ4n) is 1.17. The maximum atomic E-state index is 5.69. The van der Waals surface area contributed by atoms with E-state index in [4.69, 9.17) is 34.8 Å². The van der Waals surface area contributed by atoms with Gasteiger partial charge in [0.25, 0.3) is 0 Å². The molecule has 0 rings (SSSR count). The van der Waals surface area contributed by atoms with Crippen molar-refractivity contribution in [2.24, 2.45) is 0 Å². The van der Waals surface area contributed by atoms with Crippen molar-refractivity contribution in [3.8, 4) is 0 Å². The summed E-state index contributed by atoms with van der Waals surface area (Å²) in [6, 6.07) is 0. The normalized spacial score (nSPS) is 14.5. The molecule has 88 valence electrons. The van der Waals surface area contributed by atoms with Gasteiger partial charge < -0.3 is 0 Å². The first-order valence-corrected chi connectivity index (χ1v) is 7.04. The van der Waals surface area contributed by atoms with Crippen molar-refractivity contribution in [2.45, 2.75) is 36.9 Å². The van der Waals surface area contributed by atoms with Gasteiger partial charge in [-0.2, -0.15) is 0 Å². The average molecular weight is 335 g/mol. The third-order valence-corrected chi connectivity index (χ3v) is 2.66. The molecule has 0 spiro atoms. The molecule has 0 aromatic heterocycles. The average Bonchev–Trinajstić information content (AvgIpc) is 2.00. The molecule has 0 aliphatic heterocycles. The Kier molecular flexibility index (Phi) is 8.44. The topological polar surface area (TPSA) is 0 Å². The molecule has 0 nitrogen and oxygen atoms in total. The van der Waals surface area contributed by atoms with E-state index in [1.165, 1.54) is 5.57 Å². The van der Waals surface area contributed by atoms with Crippen molar-refractivity contribution < 1.29 is 0 Å². The Hall–Kier alpha value is 0.830. The van der Waals surface area contributed by atoms with E-state index in [-0.39, 0.29) is 0 Å². The molecule has 0 amide bonds. The number of allylic oxidation sites excluding steroid dienone is 4. The van der Waals surface area contributed by atoms with Gasteiger partial charge >= 0.3 is 0 Å². The summed E-state index contributed by atoms with van der Waals surface area (Å²) in [5.41, 5.74) is 2.51. The molecule has 0 radical (unpaired) electrons. The Morgan fingerprint density at radius 2 is 1.73 bits per heavy atom. The highest BCUT2D eigenvalue weighted by Gasteiger charge is 2.19. The van der Waals surface area contributed by atoms with Crippen molar-refractivity contribution in [2.75, 3.05) is 5.33 Å². The van der Waals surface area contributed by atoms with Crippen LogP contribution in [0.4, 0.5) is 0 Å². The number of halogens is 4. The zero-order valence-electron chi connectivity index (χ0n) is 8.99. The molecule has 4 heteroatoms. The van der Waals surface area contributed by atoms with Crippen LogP contribution in [0.3, 0.4) is 0 Å². The molecule has 0 aromatic carbocycles. The lowest BCUT2D eigenvalue weighted by atomic mass is 10.1. The maximum absolute atomic E-state index is 5.69. The smallest absolute Gasteiger partial charge is 0.0883 e. The summed E-state index contributed by atoms with van der Waals surface area (Å²) in [6.07, 6.45) is 6.86. The van der Waals surface area contributed by atoms with Gasteiger partial charge in [-0.1, -0.05) is 74.0 Å². The highest BCUT2D eigenvalue weighted by molar-refractivity contribution is 9.09. The van der Waals surface area contributed by atoms with E-state index >= 15 is 0 Å². The summed E-state index contributed by atoms with van der Waals surface area (Å²) in [5, 5.41) is 0.912. The second-order valence-electron chi connectivity index (χ2n) is 3.59. The molecule has 0 N–H and O–H groups in total. The van der Waals surface area contributed by atoms with E-state index in [1.807, 2.05) is 6.92 Å². The molecule has 0 aliphatic carbocycles. The molecule has 0 saturated carbocycles. The van der Waals surface area contributed by atoms with Gasteiger partial charge in [0.2, 0.25) is 0 Å². The lowest BCUT2D eigenvalue weighted by Crippen LogP contribution is -2.01. The number of rotatable bonds is 5. The van der Waals surface area contributed by atoms with Crippen LogP contribution >= 0.6 is 50.7 Å². The van der Waals surface area contributed by atoms with Gasteiger partial charge in [-0.25, -0.2) is 0 Å². The van der Waals surface area contributed by atoms with Crippen LogP contribution in [0.5, 0.6) is 0 Å². The molecule has 0 saturated heterocycles. The lowest BCUT2D eigenvalue weighted by Gasteiger charge is -2.10. The molecule has 0 bridgehead atoms. The number of hydrogen-bond donors (Lipinski definition) is 0. The minimum atomic E-state index is -1.17. The van der Waals surface area contributed by atoms with Crippen LogP contribution in [0.2, 0.25) is 0 Å². The summed E-state index contributed by atoms with van der Waals surface area (Å²) in [4.78, 5) is 0. The van der Waals surface area contributed by atoms with Crippen LogP contribution in [0.15, 0.2) is 23.3 Å². The molecule has 0 unspecified atom stereocenters. The van der Waals surface area contributed by atoms with Gasteiger partial charge in [-0.05, 0) is 26.7 Å². The van der Waals surface area contributed by atoms with Crippen molar-refractivity contribution in [3.63, 3.8) is 0 Å². The first-order chi connectivity index (χ1) is 6.85. The molecular weight excluding hydrogens is 318 g/mol. The van der Waals surface area contributed by atoms with Gasteiger partial charge in [0, 0.05) is 11.8 Å². The van der Waals surface area contributed by atoms with Crippen molar-refractivity contribution >= 4 is 50.7 Å². The molecule has 0 heterocycles. The Bertz CT molecular complexity index is 239. The molecule has 0 atom stereocenters. The first-order valence-electron chi connectivity index (χ1n) is 4.79. The van der Waals surface area contributed by atoms with Crippen LogP contribution < -0.4 is 0 Å². The summed E-state index contributed by atoms with van der Waals surface area (Å²) >= 11 is 20.4. The SMILES string of the molecule is C/C(=C\CBr)CC/C=C(\C)CC(Cl)(Cl)Cl. The van der Waals surface area contributed by atoms with Gasteiger partial charge in [0.15, 0.2) is 3.79 Å². The van der Waals surface area contributed by atoms with Crippen molar-refractivity contribution in [3.05, 3.63) is 23.3 Å². The fourth-order valence-corrected chi connectivity index (χ4v) is 2.35. The third-order valence-electron chi connectivity index (χ3n) is 1.94. The van der Waals surface area contributed by atoms with E-state index in [0.29, 0.717) is 6.42 Å². The second-order valence-corrected chi connectivity index (χ2v) is 6.75. The largest absolute Gasteiger partial charge is 0.194 e. The molecular formula is C11H16BrCl3. The standard InChI is InChI=1S/C11H16BrCl3/c1-9(6-7-12)4-3-5-10(2)8-11(13,14)15/h5-6H,3-4,7-8H2,1-2H3/b9-6+,10-5+. The zero-order chi connectivity index (χ0) is 11.9. The Morgan fingerprint density at radius 3 is 2.20 bits per heavy atom. The van der Waals surface area contributed by atoms with Gasteiger partial charge in [0.1, 0.15) is 0 Å². The number of hydrogen-bond acceptors (Lipinski definition) is 0. The zero-order valence-corrected chi connectivity index (χ0v) is 12.8. The lowest BCUT2D eigenvalue weighted by molar-refractivity contribution is 0.927. The van der Waals surface area contributed by atoms with Gasteiger partial charge in [-0.3, -0.25) is 0 Å². The highest BCUT2D eigenvalue weighted by atomic mass is 79.9. The van der Waals surface area contributed by atoms with Crippen LogP contribution in [0.25, 0.3) is 0 Å². The van der Waals surface area contributed by atoms with Crippen LogP contribution in [-0.4, -0.2) is 9.12 Å². The van der Waals surface area contributed by atoms with Crippen molar-refractivity contribution in [1.82, 2.24) is 0 Å². The van der Waals surface area contributed by atoms with E-state index < -0.39 is 3.79 Å². The van der Waals surface area contributed by atoms with Crippen LogP contribution in [-0.2, 0) is 0 Å². The quantitative estimate of drug-likeness (QED) is 0.439. The van der Waals surface area contributed by atoms with Crippen LogP contribution in [0.1, 0.15) is 33.1 Å². The molecule has 0 aliphatic rings. The minimum absolute atomic E-state index is 0.499. The number of alkyl halides is 4. The maximum Gasteiger partial charge on any atom is 0.194 e. The molecule has 15 heavy (non-hydrogen) atoms. The molecule has 0 fully saturated rings. The van der Waals surface area contributed by atoms with Gasteiger partial charge in [-0.15, -0.1) is 0 Å². The summed E-state index contributed by atoms with van der Waals surface area (Å²) in [6.45, 7) is 4.12. The predicted molar refractivity (Wildman–Crippen MR) is 75.4 cm³/mol. The Labute approximate surface area is 116 Å². The summed E-state index contributed by atoms with van der Waals surface area (Å²) in [5.74, 6) is 0. The van der Waals surface area contributed by atoms with E-state index in [9.17, 15) is 0 Å². The van der Waals surface area contributed by atoms with Crippen molar-refractivity contribution in [1.29, 1.82) is 0 Å². The highest BCUT2D eigenvalue weighted by Crippen LogP contribution is 2.33. The third kappa shape index (κ3) is 11.1. The fraction of sp³-hybridized carbons (Fsp3) is 0.636. The first kappa shape index (κ1) is 15.8. The van der Waals surface area contributed by atoms with E-state index in [2.05, 4.69) is 35.0 Å². The Balaban J connectivity index is 3.92. The predicted octanol–water partition coefficient (Wildman–Crippen LogP) is 5.81.